The molecule has 0 aliphatic rings. The molecule has 1 rings (SSSR count). The van der Waals surface area contributed by atoms with Gasteiger partial charge in [-0.15, -0.1) is 0 Å². The van der Waals surface area contributed by atoms with Gasteiger partial charge in [-0.3, -0.25) is 0 Å². The Bertz CT molecular complexity index is 229. The second-order valence-corrected chi connectivity index (χ2v) is 2.92. The molecule has 1 aromatic carbocycles. The third kappa shape index (κ3) is 6.31. The van der Waals surface area contributed by atoms with Crippen LogP contribution in [0.1, 0.15) is 27.2 Å². The first-order valence-electron chi connectivity index (χ1n) is 4.73. The first-order chi connectivity index (χ1) is 6.60. The van der Waals surface area contributed by atoms with Gasteiger partial charge >= 0.3 is 0 Å². The number of rotatable bonds is 2. The summed E-state index contributed by atoms with van der Waals surface area (Å²) >= 11 is 0. The molecule has 2 N–H and O–H groups in total. The standard InChI is InChI=1S/C8H10O3.C3H8/c1-6(9)11-8-4-2-7(10)3-5-8;1-3-2/h2-6,9-10H,1H3;3H2,1-2H3. The first kappa shape index (κ1) is 12.8. The van der Waals surface area contributed by atoms with Crippen molar-refractivity contribution in [1.82, 2.24) is 0 Å². The molecule has 3 heteroatoms. The Balaban J connectivity index is 0.000000500. The summed E-state index contributed by atoms with van der Waals surface area (Å²) in [6.45, 7) is 5.77. The minimum absolute atomic E-state index is 0.183. The van der Waals surface area contributed by atoms with Crippen LogP contribution in [0.15, 0.2) is 24.3 Å². The monoisotopic (exact) mass is 198 g/mol. The van der Waals surface area contributed by atoms with Crippen LogP contribution in [-0.4, -0.2) is 16.5 Å². The van der Waals surface area contributed by atoms with Gasteiger partial charge in [0.05, 0.1) is 0 Å². The number of phenolic OH excluding ortho intramolecular Hbond substituents is 1. The van der Waals surface area contributed by atoms with Crippen LogP contribution in [0.3, 0.4) is 0 Å². The molecular formula is C11H18O3. The fourth-order valence-corrected chi connectivity index (χ4v) is 0.722. The lowest BCUT2D eigenvalue weighted by atomic mass is 10.3. The van der Waals surface area contributed by atoms with Crippen LogP contribution < -0.4 is 4.74 Å². The molecule has 1 aromatic rings. The van der Waals surface area contributed by atoms with E-state index in [4.69, 9.17) is 14.9 Å². The van der Waals surface area contributed by atoms with E-state index in [1.54, 1.807) is 12.1 Å². The molecule has 0 aromatic heterocycles. The molecule has 0 saturated heterocycles. The second kappa shape index (κ2) is 7.21. The van der Waals surface area contributed by atoms with E-state index < -0.39 is 6.29 Å². The lowest BCUT2D eigenvalue weighted by Gasteiger charge is -2.07. The quantitative estimate of drug-likeness (QED) is 0.718. The first-order valence-corrected chi connectivity index (χ1v) is 4.73. The van der Waals surface area contributed by atoms with Crippen molar-refractivity contribution < 1.29 is 14.9 Å². The van der Waals surface area contributed by atoms with E-state index in [1.807, 2.05) is 0 Å². The van der Waals surface area contributed by atoms with Gasteiger partial charge in [-0.25, -0.2) is 0 Å². The van der Waals surface area contributed by atoms with Gasteiger partial charge in [0.1, 0.15) is 11.5 Å². The van der Waals surface area contributed by atoms with E-state index in [9.17, 15) is 0 Å². The predicted octanol–water partition coefficient (Wildman–Crippen LogP) is 2.53. The summed E-state index contributed by atoms with van der Waals surface area (Å²) in [7, 11) is 0. The van der Waals surface area contributed by atoms with E-state index in [1.165, 1.54) is 25.5 Å². The zero-order chi connectivity index (χ0) is 11.0. The predicted molar refractivity (Wildman–Crippen MR) is 56.4 cm³/mol. The van der Waals surface area contributed by atoms with E-state index in [2.05, 4.69) is 13.8 Å². The SMILES string of the molecule is CC(O)Oc1ccc(O)cc1.CCC. The topological polar surface area (TPSA) is 49.7 Å². The Hall–Kier alpha value is -1.22. The van der Waals surface area contributed by atoms with Gasteiger partial charge in [-0.2, -0.15) is 0 Å². The Morgan fingerprint density at radius 3 is 2.00 bits per heavy atom. The lowest BCUT2D eigenvalue weighted by Crippen LogP contribution is -2.09. The van der Waals surface area contributed by atoms with Crippen LogP contribution >= 0.6 is 0 Å². The van der Waals surface area contributed by atoms with Crippen LogP contribution in [0.5, 0.6) is 11.5 Å². The molecule has 0 spiro atoms. The maximum atomic E-state index is 8.87. The molecule has 80 valence electrons. The average molecular weight is 198 g/mol. The number of phenols is 1. The fraction of sp³-hybridized carbons (Fsp3) is 0.455. The minimum Gasteiger partial charge on any atom is -0.508 e. The van der Waals surface area contributed by atoms with Crippen molar-refractivity contribution in [3.05, 3.63) is 24.3 Å². The van der Waals surface area contributed by atoms with E-state index >= 15 is 0 Å². The molecule has 1 unspecified atom stereocenters. The molecule has 0 amide bonds. The van der Waals surface area contributed by atoms with Gasteiger partial charge < -0.3 is 14.9 Å². The van der Waals surface area contributed by atoms with Crippen LogP contribution in [-0.2, 0) is 0 Å². The highest BCUT2D eigenvalue weighted by Crippen LogP contribution is 2.16. The summed E-state index contributed by atoms with van der Waals surface area (Å²) in [5, 5.41) is 17.7. The largest absolute Gasteiger partial charge is 0.508 e. The number of hydrogen-bond acceptors (Lipinski definition) is 3. The number of hydrogen-bond donors (Lipinski definition) is 2. The van der Waals surface area contributed by atoms with Crippen molar-refractivity contribution in [1.29, 1.82) is 0 Å². The average Bonchev–Trinajstić information content (AvgIpc) is 2.09. The Labute approximate surface area is 85.0 Å². The highest BCUT2D eigenvalue weighted by Gasteiger charge is 1.96. The van der Waals surface area contributed by atoms with Gasteiger partial charge in [-0.05, 0) is 31.2 Å². The summed E-state index contributed by atoms with van der Waals surface area (Å²) in [5.74, 6) is 0.723. The summed E-state index contributed by atoms with van der Waals surface area (Å²) in [6.07, 6.45) is 0.430. The Morgan fingerprint density at radius 1 is 1.21 bits per heavy atom. The van der Waals surface area contributed by atoms with Crippen LogP contribution in [0.25, 0.3) is 0 Å². The normalized spacial score (nSPS) is 11.1. The highest BCUT2D eigenvalue weighted by molar-refractivity contribution is 5.30. The Morgan fingerprint density at radius 2 is 1.64 bits per heavy atom. The van der Waals surface area contributed by atoms with Gasteiger partial charge in [0, 0.05) is 0 Å². The maximum Gasteiger partial charge on any atom is 0.194 e. The fourth-order valence-electron chi connectivity index (χ4n) is 0.722. The van der Waals surface area contributed by atoms with Gasteiger partial charge in [0.2, 0.25) is 0 Å². The van der Waals surface area contributed by atoms with Gasteiger partial charge in [0.25, 0.3) is 0 Å². The van der Waals surface area contributed by atoms with E-state index in [0.717, 1.165) is 0 Å². The molecule has 0 fully saturated rings. The molecule has 1 atom stereocenters. The van der Waals surface area contributed by atoms with Crippen LogP contribution in [0.4, 0.5) is 0 Å². The molecule has 0 radical (unpaired) electrons. The van der Waals surface area contributed by atoms with Crippen LogP contribution in [0.2, 0.25) is 0 Å². The molecule has 14 heavy (non-hydrogen) atoms. The third-order valence-corrected chi connectivity index (χ3v) is 1.14. The van der Waals surface area contributed by atoms with Crippen LogP contribution in [0, 0.1) is 0 Å². The van der Waals surface area contributed by atoms with Crippen molar-refractivity contribution >= 4 is 0 Å². The molecule has 3 nitrogen and oxygen atoms in total. The Kier molecular flexibility index (Phi) is 6.58. The molecular weight excluding hydrogens is 180 g/mol. The second-order valence-electron chi connectivity index (χ2n) is 2.92. The van der Waals surface area contributed by atoms with Crippen molar-refractivity contribution in [2.45, 2.75) is 33.5 Å². The number of aliphatic hydroxyl groups is 1. The third-order valence-electron chi connectivity index (χ3n) is 1.14. The zero-order valence-corrected chi connectivity index (χ0v) is 8.90. The zero-order valence-electron chi connectivity index (χ0n) is 8.90. The molecule has 0 saturated carbocycles. The summed E-state index contributed by atoms with van der Waals surface area (Å²) in [5.41, 5.74) is 0. The number of aromatic hydroxyl groups is 1. The number of ether oxygens (including phenoxy) is 1. The maximum absolute atomic E-state index is 8.87. The summed E-state index contributed by atoms with van der Waals surface area (Å²) in [4.78, 5) is 0. The van der Waals surface area contributed by atoms with Crippen molar-refractivity contribution in [2.24, 2.45) is 0 Å². The van der Waals surface area contributed by atoms with Gasteiger partial charge in [-0.1, -0.05) is 20.3 Å². The van der Waals surface area contributed by atoms with Crippen molar-refractivity contribution in [3.63, 3.8) is 0 Å². The molecule has 0 heterocycles. The lowest BCUT2D eigenvalue weighted by molar-refractivity contribution is -0.000331. The van der Waals surface area contributed by atoms with Crippen molar-refractivity contribution in [3.8, 4) is 11.5 Å². The van der Waals surface area contributed by atoms with E-state index in [-0.39, 0.29) is 5.75 Å². The molecule has 0 bridgehead atoms. The van der Waals surface area contributed by atoms with Crippen molar-refractivity contribution in [2.75, 3.05) is 0 Å². The molecule has 0 aliphatic heterocycles. The highest BCUT2D eigenvalue weighted by atomic mass is 16.6. The minimum atomic E-state index is -0.820. The number of benzene rings is 1. The summed E-state index contributed by atoms with van der Waals surface area (Å²) < 4.78 is 4.91. The smallest absolute Gasteiger partial charge is 0.194 e. The summed E-state index contributed by atoms with van der Waals surface area (Å²) in [6, 6.07) is 6.17. The van der Waals surface area contributed by atoms with E-state index in [0.29, 0.717) is 5.75 Å². The number of aliphatic hydroxyl groups excluding tert-OH is 1. The molecule has 0 aliphatic carbocycles. The van der Waals surface area contributed by atoms with Gasteiger partial charge in [0.15, 0.2) is 6.29 Å².